The zero-order chi connectivity index (χ0) is 11.3. The third-order valence-electron chi connectivity index (χ3n) is 1.63. The molecule has 0 spiro atoms. The number of rotatable bonds is 3. The first-order valence-corrected chi connectivity index (χ1v) is 4.75. The van der Waals surface area contributed by atoms with E-state index in [1.54, 1.807) is 24.3 Å². The van der Waals surface area contributed by atoms with Gasteiger partial charge < -0.3 is 10.6 Å². The second-order valence-electron chi connectivity index (χ2n) is 2.96. The Morgan fingerprint density at radius 3 is 2.40 bits per heavy atom. The second-order valence-corrected chi connectivity index (χ2v) is 3.40. The van der Waals surface area contributed by atoms with Crippen LogP contribution in [0.5, 0.6) is 0 Å². The van der Waals surface area contributed by atoms with E-state index in [9.17, 15) is 9.59 Å². The van der Waals surface area contributed by atoms with Crippen LogP contribution in [0.15, 0.2) is 24.3 Å². The molecule has 5 heteroatoms. The van der Waals surface area contributed by atoms with Crippen molar-refractivity contribution in [2.75, 3.05) is 11.9 Å². The standard InChI is InChI=1S/C10H11ClN2O2/c1-7(14)12-6-10(15)13-9-4-2-8(11)3-5-9/h2-5H,6H2,1H3,(H,12,14)(H,13,15). The molecule has 0 saturated heterocycles. The minimum Gasteiger partial charge on any atom is -0.347 e. The topological polar surface area (TPSA) is 58.2 Å². The third-order valence-corrected chi connectivity index (χ3v) is 1.88. The van der Waals surface area contributed by atoms with E-state index in [4.69, 9.17) is 11.6 Å². The van der Waals surface area contributed by atoms with Gasteiger partial charge >= 0.3 is 0 Å². The van der Waals surface area contributed by atoms with E-state index in [-0.39, 0.29) is 18.4 Å². The molecule has 1 rings (SSSR count). The first-order valence-electron chi connectivity index (χ1n) is 4.38. The number of benzene rings is 1. The van der Waals surface area contributed by atoms with Gasteiger partial charge in [-0.15, -0.1) is 0 Å². The van der Waals surface area contributed by atoms with Gasteiger partial charge in [0.05, 0.1) is 6.54 Å². The molecule has 0 aliphatic carbocycles. The average molecular weight is 227 g/mol. The Kier molecular flexibility index (Phi) is 4.12. The molecule has 0 aliphatic rings. The Labute approximate surface area is 92.6 Å². The highest BCUT2D eigenvalue weighted by atomic mass is 35.5. The number of hydrogen-bond acceptors (Lipinski definition) is 2. The Morgan fingerprint density at radius 1 is 1.27 bits per heavy atom. The number of hydrogen-bond donors (Lipinski definition) is 2. The van der Waals surface area contributed by atoms with Gasteiger partial charge in [0.2, 0.25) is 11.8 Å². The van der Waals surface area contributed by atoms with Crippen molar-refractivity contribution in [2.24, 2.45) is 0 Å². The van der Waals surface area contributed by atoms with Crippen LogP contribution < -0.4 is 10.6 Å². The quantitative estimate of drug-likeness (QED) is 0.819. The van der Waals surface area contributed by atoms with Gasteiger partial charge in [0.1, 0.15) is 0 Å². The predicted octanol–water partition coefficient (Wildman–Crippen LogP) is 1.41. The van der Waals surface area contributed by atoms with Crippen molar-refractivity contribution >= 4 is 29.1 Å². The molecule has 0 fully saturated rings. The van der Waals surface area contributed by atoms with Crippen LogP contribution in [0, 0.1) is 0 Å². The maximum Gasteiger partial charge on any atom is 0.243 e. The molecule has 15 heavy (non-hydrogen) atoms. The van der Waals surface area contributed by atoms with Gasteiger partial charge in [0.25, 0.3) is 0 Å². The predicted molar refractivity (Wildman–Crippen MR) is 58.8 cm³/mol. The number of nitrogens with one attached hydrogen (secondary N) is 2. The summed E-state index contributed by atoms with van der Waals surface area (Å²) in [5, 5.41) is 5.62. The van der Waals surface area contributed by atoms with Crippen molar-refractivity contribution < 1.29 is 9.59 Å². The SMILES string of the molecule is CC(=O)NCC(=O)Nc1ccc(Cl)cc1. The highest BCUT2D eigenvalue weighted by Crippen LogP contribution is 2.12. The zero-order valence-corrected chi connectivity index (χ0v) is 8.97. The number of amides is 2. The van der Waals surface area contributed by atoms with Gasteiger partial charge in [0, 0.05) is 17.6 Å². The monoisotopic (exact) mass is 226 g/mol. The summed E-state index contributed by atoms with van der Waals surface area (Å²) >= 11 is 5.68. The molecule has 1 aromatic carbocycles. The summed E-state index contributed by atoms with van der Waals surface area (Å²) < 4.78 is 0. The molecule has 0 atom stereocenters. The third kappa shape index (κ3) is 4.46. The summed E-state index contributed by atoms with van der Waals surface area (Å²) in [4.78, 5) is 21.8. The van der Waals surface area contributed by atoms with Crippen LogP contribution in [0.1, 0.15) is 6.92 Å². The molecule has 0 aromatic heterocycles. The van der Waals surface area contributed by atoms with E-state index in [1.165, 1.54) is 6.92 Å². The van der Waals surface area contributed by atoms with E-state index >= 15 is 0 Å². The fourth-order valence-electron chi connectivity index (χ4n) is 0.943. The van der Waals surface area contributed by atoms with Crippen LogP contribution >= 0.6 is 11.6 Å². The molecular formula is C10H11ClN2O2. The zero-order valence-electron chi connectivity index (χ0n) is 8.21. The Bertz CT molecular complexity index is 362. The summed E-state index contributed by atoms with van der Waals surface area (Å²) in [6.07, 6.45) is 0. The summed E-state index contributed by atoms with van der Waals surface area (Å²) in [6.45, 7) is 1.33. The molecule has 1 aromatic rings. The fraction of sp³-hybridized carbons (Fsp3) is 0.200. The molecule has 0 heterocycles. The highest BCUT2D eigenvalue weighted by Gasteiger charge is 2.02. The van der Waals surface area contributed by atoms with Gasteiger partial charge in [-0.3, -0.25) is 9.59 Å². The van der Waals surface area contributed by atoms with Crippen LogP contribution in [0.4, 0.5) is 5.69 Å². The lowest BCUT2D eigenvalue weighted by Gasteiger charge is -2.05. The van der Waals surface area contributed by atoms with E-state index in [0.29, 0.717) is 10.7 Å². The van der Waals surface area contributed by atoms with Gasteiger partial charge in [-0.1, -0.05) is 11.6 Å². The molecule has 2 N–H and O–H groups in total. The van der Waals surface area contributed by atoms with E-state index in [1.807, 2.05) is 0 Å². The maximum atomic E-state index is 11.2. The molecule has 2 amide bonds. The Hall–Kier alpha value is -1.55. The van der Waals surface area contributed by atoms with Crippen molar-refractivity contribution in [3.63, 3.8) is 0 Å². The maximum absolute atomic E-state index is 11.2. The second kappa shape index (κ2) is 5.36. The molecule has 0 saturated carbocycles. The minimum atomic E-state index is -0.271. The van der Waals surface area contributed by atoms with Crippen LogP contribution in [0.2, 0.25) is 5.02 Å². The van der Waals surface area contributed by atoms with Crippen molar-refractivity contribution in [3.8, 4) is 0 Å². The van der Waals surface area contributed by atoms with Gasteiger partial charge in [0.15, 0.2) is 0 Å². The van der Waals surface area contributed by atoms with Gasteiger partial charge in [-0.05, 0) is 24.3 Å². The lowest BCUT2D eigenvalue weighted by Crippen LogP contribution is -2.31. The number of anilines is 1. The van der Waals surface area contributed by atoms with Gasteiger partial charge in [-0.25, -0.2) is 0 Å². The van der Waals surface area contributed by atoms with Crippen molar-refractivity contribution in [2.45, 2.75) is 6.92 Å². The largest absolute Gasteiger partial charge is 0.347 e. The molecule has 0 unspecified atom stereocenters. The van der Waals surface area contributed by atoms with Crippen LogP contribution in [0.25, 0.3) is 0 Å². The molecule has 0 radical (unpaired) electrons. The lowest BCUT2D eigenvalue weighted by atomic mass is 10.3. The summed E-state index contributed by atoms with van der Waals surface area (Å²) in [7, 11) is 0. The summed E-state index contributed by atoms with van der Waals surface area (Å²) in [5.41, 5.74) is 0.648. The summed E-state index contributed by atoms with van der Waals surface area (Å²) in [6, 6.07) is 6.73. The molecule has 0 bridgehead atoms. The Balaban J connectivity index is 2.44. The highest BCUT2D eigenvalue weighted by molar-refractivity contribution is 6.30. The van der Waals surface area contributed by atoms with E-state index < -0.39 is 0 Å². The van der Waals surface area contributed by atoms with Crippen molar-refractivity contribution in [1.29, 1.82) is 0 Å². The molecular weight excluding hydrogens is 216 g/mol. The van der Waals surface area contributed by atoms with E-state index in [0.717, 1.165) is 0 Å². The molecule has 0 aliphatic heterocycles. The first-order chi connectivity index (χ1) is 7.08. The average Bonchev–Trinajstić information content (AvgIpc) is 2.19. The van der Waals surface area contributed by atoms with Gasteiger partial charge in [-0.2, -0.15) is 0 Å². The molecule has 80 valence electrons. The van der Waals surface area contributed by atoms with Crippen LogP contribution in [-0.4, -0.2) is 18.4 Å². The summed E-state index contributed by atoms with van der Waals surface area (Å²) in [5.74, 6) is -0.506. The van der Waals surface area contributed by atoms with Crippen molar-refractivity contribution in [3.05, 3.63) is 29.3 Å². The Morgan fingerprint density at radius 2 is 1.87 bits per heavy atom. The first kappa shape index (κ1) is 11.5. The minimum absolute atomic E-state index is 0.0298. The lowest BCUT2D eigenvalue weighted by molar-refractivity contribution is -0.122. The number of carbonyl (C=O) groups is 2. The fourth-order valence-corrected chi connectivity index (χ4v) is 1.07. The number of carbonyl (C=O) groups excluding carboxylic acids is 2. The van der Waals surface area contributed by atoms with Crippen LogP contribution in [-0.2, 0) is 9.59 Å². The van der Waals surface area contributed by atoms with Crippen LogP contribution in [0.3, 0.4) is 0 Å². The van der Waals surface area contributed by atoms with E-state index in [2.05, 4.69) is 10.6 Å². The number of halogens is 1. The smallest absolute Gasteiger partial charge is 0.243 e. The normalized spacial score (nSPS) is 9.47. The van der Waals surface area contributed by atoms with Crippen molar-refractivity contribution in [1.82, 2.24) is 5.32 Å². The molecule has 4 nitrogen and oxygen atoms in total.